The smallest absolute Gasteiger partial charge is 0.312 e. The van der Waals surface area contributed by atoms with Gasteiger partial charge in [-0.3, -0.25) is 9.59 Å². The summed E-state index contributed by atoms with van der Waals surface area (Å²) in [6, 6.07) is -0.119. The lowest BCUT2D eigenvalue weighted by molar-refractivity contribution is -0.151. The molecule has 1 aliphatic carbocycles. The zero-order valence-corrected chi connectivity index (χ0v) is 7.38. The highest BCUT2D eigenvalue weighted by Gasteiger charge is 2.53. The summed E-state index contributed by atoms with van der Waals surface area (Å²) in [7, 11) is 0. The molecule has 0 aromatic rings. The molecule has 2 atom stereocenters. The van der Waals surface area contributed by atoms with Crippen LogP contribution >= 0.6 is 0 Å². The molecule has 72 valence electrons. The monoisotopic (exact) mass is 183 g/mol. The molecule has 0 radical (unpaired) electrons. The van der Waals surface area contributed by atoms with Crippen LogP contribution in [0.4, 0.5) is 0 Å². The van der Waals surface area contributed by atoms with E-state index in [1.165, 1.54) is 0 Å². The Morgan fingerprint density at radius 1 is 1.54 bits per heavy atom. The van der Waals surface area contributed by atoms with Crippen LogP contribution in [0.3, 0.4) is 0 Å². The zero-order chi connectivity index (χ0) is 9.47. The van der Waals surface area contributed by atoms with E-state index in [4.69, 9.17) is 5.11 Å². The number of carboxylic acid groups (broad SMARTS) is 1. The number of fused-ring (bicyclic) bond motifs is 1. The first kappa shape index (κ1) is 8.53. The van der Waals surface area contributed by atoms with E-state index in [1.807, 2.05) is 0 Å². The van der Waals surface area contributed by atoms with Crippen molar-refractivity contribution in [3.8, 4) is 0 Å². The molecule has 0 aromatic heterocycles. The van der Waals surface area contributed by atoms with Crippen molar-refractivity contribution in [2.45, 2.75) is 38.1 Å². The largest absolute Gasteiger partial charge is 0.481 e. The maximum absolute atomic E-state index is 11.1. The molecular weight excluding hydrogens is 170 g/mol. The molecule has 2 rings (SSSR count). The van der Waals surface area contributed by atoms with Gasteiger partial charge in [0, 0.05) is 12.5 Å². The second kappa shape index (κ2) is 2.72. The van der Waals surface area contributed by atoms with Crippen LogP contribution in [-0.2, 0) is 9.59 Å². The van der Waals surface area contributed by atoms with Crippen LogP contribution < -0.4 is 5.32 Å². The Bertz CT molecular complexity index is 264. The molecule has 13 heavy (non-hydrogen) atoms. The Labute approximate surface area is 76.3 Å². The first-order valence-corrected chi connectivity index (χ1v) is 4.68. The van der Waals surface area contributed by atoms with E-state index >= 15 is 0 Å². The molecule has 1 saturated heterocycles. The molecule has 1 aliphatic heterocycles. The normalized spacial score (nSPS) is 38.2. The predicted octanol–water partition coefficient (Wildman–Crippen LogP) is 0.520. The van der Waals surface area contributed by atoms with Crippen LogP contribution in [0.1, 0.15) is 32.1 Å². The molecule has 4 heteroatoms. The fourth-order valence-corrected chi connectivity index (χ4v) is 2.52. The second-order valence-electron chi connectivity index (χ2n) is 4.00. The van der Waals surface area contributed by atoms with Gasteiger partial charge < -0.3 is 10.4 Å². The van der Waals surface area contributed by atoms with Crippen molar-refractivity contribution in [1.82, 2.24) is 5.32 Å². The van der Waals surface area contributed by atoms with Gasteiger partial charge in [0.1, 0.15) is 0 Å². The van der Waals surface area contributed by atoms with Gasteiger partial charge in [-0.25, -0.2) is 0 Å². The molecule has 0 unspecified atom stereocenters. The highest BCUT2D eigenvalue weighted by molar-refractivity contribution is 5.90. The van der Waals surface area contributed by atoms with E-state index in [0.29, 0.717) is 6.42 Å². The standard InChI is InChI=1S/C9H13NO3/c11-7-5-9(8(12)13)4-2-1-3-6(9)10-7/h6H,1-5H2,(H,10,11)(H,12,13)/t6-,9+/m0/s1. The van der Waals surface area contributed by atoms with Crippen molar-refractivity contribution in [3.63, 3.8) is 0 Å². The average Bonchev–Trinajstić information content (AvgIpc) is 2.41. The minimum Gasteiger partial charge on any atom is -0.481 e. The lowest BCUT2D eigenvalue weighted by atomic mass is 9.71. The molecule has 0 bridgehead atoms. The minimum atomic E-state index is -0.810. The van der Waals surface area contributed by atoms with Crippen molar-refractivity contribution in [2.75, 3.05) is 0 Å². The van der Waals surface area contributed by atoms with Crippen LogP contribution in [0, 0.1) is 5.41 Å². The predicted molar refractivity (Wildman–Crippen MR) is 45.1 cm³/mol. The van der Waals surface area contributed by atoms with Crippen molar-refractivity contribution in [2.24, 2.45) is 5.41 Å². The van der Waals surface area contributed by atoms with Crippen LogP contribution in [-0.4, -0.2) is 23.0 Å². The quantitative estimate of drug-likeness (QED) is 0.622. The van der Waals surface area contributed by atoms with Gasteiger partial charge in [-0.1, -0.05) is 12.8 Å². The number of nitrogens with one attached hydrogen (secondary N) is 1. The van der Waals surface area contributed by atoms with Crippen LogP contribution in [0.5, 0.6) is 0 Å². The summed E-state index contributed by atoms with van der Waals surface area (Å²) in [4.78, 5) is 22.3. The SMILES string of the molecule is O=C1C[C@]2(C(=O)O)CCCC[C@@H]2N1. The third kappa shape index (κ3) is 1.12. The fraction of sp³-hybridized carbons (Fsp3) is 0.778. The molecule has 1 saturated carbocycles. The maximum Gasteiger partial charge on any atom is 0.312 e. The number of carboxylic acids is 1. The number of amides is 1. The number of rotatable bonds is 1. The Hall–Kier alpha value is -1.06. The molecule has 2 N–H and O–H groups in total. The molecule has 2 aliphatic rings. The van der Waals surface area contributed by atoms with Gasteiger partial charge in [0.05, 0.1) is 5.41 Å². The summed E-state index contributed by atoms with van der Waals surface area (Å²) in [6.45, 7) is 0. The van der Waals surface area contributed by atoms with Crippen molar-refractivity contribution >= 4 is 11.9 Å². The van der Waals surface area contributed by atoms with Gasteiger partial charge in [-0.2, -0.15) is 0 Å². The van der Waals surface area contributed by atoms with Crippen LogP contribution in [0.2, 0.25) is 0 Å². The van der Waals surface area contributed by atoms with Crippen LogP contribution in [0.25, 0.3) is 0 Å². The molecule has 0 spiro atoms. The fourth-order valence-electron chi connectivity index (χ4n) is 2.52. The summed E-state index contributed by atoms with van der Waals surface area (Å²) in [5, 5.41) is 11.9. The van der Waals surface area contributed by atoms with Gasteiger partial charge in [0.15, 0.2) is 0 Å². The Morgan fingerprint density at radius 2 is 2.31 bits per heavy atom. The maximum atomic E-state index is 11.1. The van der Waals surface area contributed by atoms with Gasteiger partial charge >= 0.3 is 5.97 Å². The van der Waals surface area contributed by atoms with Gasteiger partial charge in [0.25, 0.3) is 0 Å². The molecule has 0 aromatic carbocycles. The summed E-state index contributed by atoms with van der Waals surface area (Å²) < 4.78 is 0. The lowest BCUT2D eigenvalue weighted by Crippen LogP contribution is -2.45. The van der Waals surface area contributed by atoms with Gasteiger partial charge in [-0.05, 0) is 12.8 Å². The summed E-state index contributed by atoms with van der Waals surface area (Å²) in [5.41, 5.74) is -0.782. The molecule has 4 nitrogen and oxygen atoms in total. The average molecular weight is 183 g/mol. The van der Waals surface area contributed by atoms with Crippen molar-refractivity contribution in [1.29, 1.82) is 0 Å². The number of hydrogen-bond acceptors (Lipinski definition) is 2. The second-order valence-corrected chi connectivity index (χ2v) is 4.00. The topological polar surface area (TPSA) is 66.4 Å². The highest BCUT2D eigenvalue weighted by Crippen LogP contribution is 2.43. The summed E-state index contributed by atoms with van der Waals surface area (Å²) >= 11 is 0. The zero-order valence-electron chi connectivity index (χ0n) is 7.38. The first-order chi connectivity index (χ1) is 6.15. The first-order valence-electron chi connectivity index (χ1n) is 4.68. The number of aliphatic carboxylic acids is 1. The van der Waals surface area contributed by atoms with E-state index in [0.717, 1.165) is 19.3 Å². The van der Waals surface area contributed by atoms with E-state index in [-0.39, 0.29) is 18.4 Å². The third-order valence-corrected chi connectivity index (χ3v) is 3.27. The van der Waals surface area contributed by atoms with E-state index in [9.17, 15) is 9.59 Å². The molecule has 2 fully saturated rings. The number of hydrogen-bond donors (Lipinski definition) is 2. The molecule has 1 amide bonds. The van der Waals surface area contributed by atoms with Gasteiger partial charge in [0.2, 0.25) is 5.91 Å². The van der Waals surface area contributed by atoms with E-state index in [1.54, 1.807) is 0 Å². The Morgan fingerprint density at radius 3 is 2.92 bits per heavy atom. The molecular formula is C9H13NO3. The van der Waals surface area contributed by atoms with Crippen LogP contribution in [0.15, 0.2) is 0 Å². The van der Waals surface area contributed by atoms with Crippen molar-refractivity contribution in [3.05, 3.63) is 0 Å². The van der Waals surface area contributed by atoms with E-state index < -0.39 is 11.4 Å². The number of carbonyl (C=O) groups is 2. The summed E-state index contributed by atoms with van der Waals surface area (Å²) in [5.74, 6) is -0.912. The third-order valence-electron chi connectivity index (χ3n) is 3.27. The van der Waals surface area contributed by atoms with Crippen molar-refractivity contribution < 1.29 is 14.7 Å². The van der Waals surface area contributed by atoms with Gasteiger partial charge in [-0.15, -0.1) is 0 Å². The Kier molecular flexibility index (Phi) is 1.78. The number of carbonyl (C=O) groups excluding carboxylic acids is 1. The van der Waals surface area contributed by atoms with E-state index in [2.05, 4.69) is 5.32 Å². The Balaban J connectivity index is 2.29. The summed E-state index contributed by atoms with van der Waals surface area (Å²) in [6.07, 6.45) is 3.59. The minimum absolute atomic E-state index is 0.102. The molecule has 1 heterocycles. The lowest BCUT2D eigenvalue weighted by Gasteiger charge is -2.33. The highest BCUT2D eigenvalue weighted by atomic mass is 16.4.